The predicted octanol–water partition coefficient (Wildman–Crippen LogP) is 1.39. The standard InChI is InChI=1S/C16H21NO4/c1-3-14(16(19)17-8-10-21-11-9-17)15(18)12-4-6-13(20-2)7-5-12/h3-7,14-15,18H,1,8-11H2,2H3. The van der Waals surface area contributed by atoms with Gasteiger partial charge in [-0.05, 0) is 17.7 Å². The zero-order valence-electron chi connectivity index (χ0n) is 12.2. The van der Waals surface area contributed by atoms with E-state index in [1.54, 1.807) is 36.3 Å². The molecule has 0 aromatic heterocycles. The molecular formula is C16H21NO4. The van der Waals surface area contributed by atoms with E-state index in [1.165, 1.54) is 6.08 Å². The average Bonchev–Trinajstić information content (AvgIpc) is 2.56. The third-order valence-electron chi connectivity index (χ3n) is 3.66. The van der Waals surface area contributed by atoms with Gasteiger partial charge >= 0.3 is 0 Å². The topological polar surface area (TPSA) is 59.0 Å². The van der Waals surface area contributed by atoms with Crippen LogP contribution in [0.3, 0.4) is 0 Å². The van der Waals surface area contributed by atoms with Gasteiger partial charge in [-0.3, -0.25) is 4.79 Å². The zero-order valence-corrected chi connectivity index (χ0v) is 12.2. The summed E-state index contributed by atoms with van der Waals surface area (Å²) >= 11 is 0. The van der Waals surface area contributed by atoms with Gasteiger partial charge in [0.1, 0.15) is 5.75 Å². The highest BCUT2D eigenvalue weighted by Crippen LogP contribution is 2.26. The molecule has 1 aliphatic rings. The maximum absolute atomic E-state index is 12.5. The van der Waals surface area contributed by atoms with Crippen molar-refractivity contribution in [3.05, 3.63) is 42.5 Å². The van der Waals surface area contributed by atoms with Gasteiger partial charge in [-0.25, -0.2) is 0 Å². The maximum atomic E-state index is 12.5. The third kappa shape index (κ3) is 3.62. The van der Waals surface area contributed by atoms with Gasteiger partial charge < -0.3 is 19.5 Å². The molecule has 2 unspecified atom stereocenters. The van der Waals surface area contributed by atoms with Crippen molar-refractivity contribution >= 4 is 5.91 Å². The molecule has 114 valence electrons. The first-order valence-electron chi connectivity index (χ1n) is 6.98. The van der Waals surface area contributed by atoms with Crippen LogP contribution in [0.15, 0.2) is 36.9 Å². The average molecular weight is 291 g/mol. The second kappa shape index (κ2) is 7.24. The number of nitrogens with zero attached hydrogens (tertiary/aromatic N) is 1. The number of methoxy groups -OCH3 is 1. The molecule has 1 saturated heterocycles. The summed E-state index contributed by atoms with van der Waals surface area (Å²) in [5.41, 5.74) is 0.669. The summed E-state index contributed by atoms with van der Waals surface area (Å²) in [5.74, 6) is -0.0614. The van der Waals surface area contributed by atoms with E-state index < -0.39 is 12.0 Å². The largest absolute Gasteiger partial charge is 0.497 e. The van der Waals surface area contributed by atoms with Crippen LogP contribution in [-0.4, -0.2) is 49.3 Å². The molecule has 5 nitrogen and oxygen atoms in total. The minimum atomic E-state index is -0.913. The number of carbonyl (C=O) groups excluding carboxylic acids is 1. The van der Waals surface area contributed by atoms with Gasteiger partial charge in [0.05, 0.1) is 32.3 Å². The number of aliphatic hydroxyl groups is 1. The summed E-state index contributed by atoms with van der Waals surface area (Å²) in [6.45, 7) is 5.87. The Morgan fingerprint density at radius 1 is 1.38 bits per heavy atom. The van der Waals surface area contributed by atoms with E-state index in [0.29, 0.717) is 37.6 Å². The van der Waals surface area contributed by atoms with Crippen LogP contribution in [0.2, 0.25) is 0 Å². The molecule has 21 heavy (non-hydrogen) atoms. The lowest BCUT2D eigenvalue weighted by atomic mass is 9.94. The molecule has 1 aromatic rings. The summed E-state index contributed by atoms with van der Waals surface area (Å²) in [4.78, 5) is 14.2. The number of carbonyl (C=O) groups is 1. The molecule has 5 heteroatoms. The number of benzene rings is 1. The quantitative estimate of drug-likeness (QED) is 0.833. The second-order valence-corrected chi connectivity index (χ2v) is 4.92. The van der Waals surface area contributed by atoms with Crippen LogP contribution in [-0.2, 0) is 9.53 Å². The van der Waals surface area contributed by atoms with E-state index in [9.17, 15) is 9.90 Å². The molecule has 0 saturated carbocycles. The van der Waals surface area contributed by atoms with E-state index >= 15 is 0 Å². The minimum Gasteiger partial charge on any atom is -0.497 e. The summed E-state index contributed by atoms with van der Waals surface area (Å²) in [6.07, 6.45) is 0.593. The first-order valence-corrected chi connectivity index (χ1v) is 6.98. The molecular weight excluding hydrogens is 270 g/mol. The van der Waals surface area contributed by atoms with Crippen molar-refractivity contribution in [2.24, 2.45) is 5.92 Å². The fraction of sp³-hybridized carbons (Fsp3) is 0.438. The summed E-state index contributed by atoms with van der Waals surface area (Å²) in [5, 5.41) is 10.5. The van der Waals surface area contributed by atoms with E-state index in [-0.39, 0.29) is 5.91 Å². The fourth-order valence-corrected chi connectivity index (χ4v) is 2.37. The number of hydrogen-bond donors (Lipinski definition) is 1. The fourth-order valence-electron chi connectivity index (χ4n) is 2.37. The van der Waals surface area contributed by atoms with Crippen LogP contribution in [0, 0.1) is 5.92 Å². The lowest BCUT2D eigenvalue weighted by molar-refractivity contribution is -0.141. The van der Waals surface area contributed by atoms with Crippen LogP contribution < -0.4 is 4.74 Å². The van der Waals surface area contributed by atoms with Crippen molar-refractivity contribution in [3.8, 4) is 5.75 Å². The van der Waals surface area contributed by atoms with Gasteiger partial charge in [-0.2, -0.15) is 0 Å². The number of amides is 1. The minimum absolute atomic E-state index is 0.114. The van der Waals surface area contributed by atoms with Crippen LogP contribution in [0.25, 0.3) is 0 Å². The molecule has 0 spiro atoms. The summed E-state index contributed by atoms with van der Waals surface area (Å²) in [6, 6.07) is 7.04. The van der Waals surface area contributed by atoms with Crippen molar-refractivity contribution in [3.63, 3.8) is 0 Å². The Balaban J connectivity index is 2.10. The highest BCUT2D eigenvalue weighted by molar-refractivity contribution is 5.81. The van der Waals surface area contributed by atoms with Gasteiger partial charge in [-0.15, -0.1) is 6.58 Å². The molecule has 2 rings (SSSR count). The number of hydrogen-bond acceptors (Lipinski definition) is 4. The van der Waals surface area contributed by atoms with E-state index in [0.717, 1.165) is 0 Å². The highest BCUT2D eigenvalue weighted by Gasteiger charge is 2.30. The second-order valence-electron chi connectivity index (χ2n) is 4.92. The summed E-state index contributed by atoms with van der Waals surface area (Å²) < 4.78 is 10.3. The highest BCUT2D eigenvalue weighted by atomic mass is 16.5. The van der Waals surface area contributed by atoms with E-state index in [2.05, 4.69) is 6.58 Å². The lowest BCUT2D eigenvalue weighted by Crippen LogP contribution is -2.44. The Morgan fingerprint density at radius 3 is 2.52 bits per heavy atom. The van der Waals surface area contributed by atoms with Gasteiger partial charge in [0.2, 0.25) is 5.91 Å². The van der Waals surface area contributed by atoms with Crippen LogP contribution in [0.1, 0.15) is 11.7 Å². The Morgan fingerprint density at radius 2 is 2.00 bits per heavy atom. The SMILES string of the molecule is C=CC(C(=O)N1CCOCC1)C(O)c1ccc(OC)cc1. The number of rotatable bonds is 5. The Hall–Kier alpha value is -1.85. The van der Waals surface area contributed by atoms with Crippen molar-refractivity contribution in [2.45, 2.75) is 6.10 Å². The smallest absolute Gasteiger partial charge is 0.232 e. The Labute approximate surface area is 124 Å². The molecule has 1 amide bonds. The van der Waals surface area contributed by atoms with Crippen LogP contribution in [0.4, 0.5) is 0 Å². The third-order valence-corrected chi connectivity index (χ3v) is 3.66. The maximum Gasteiger partial charge on any atom is 0.232 e. The van der Waals surface area contributed by atoms with Crippen molar-refractivity contribution in [1.29, 1.82) is 0 Å². The molecule has 1 heterocycles. The first kappa shape index (κ1) is 15.5. The lowest BCUT2D eigenvalue weighted by Gasteiger charge is -2.31. The zero-order chi connectivity index (χ0) is 15.2. The van der Waals surface area contributed by atoms with Crippen molar-refractivity contribution in [1.82, 2.24) is 4.90 Å². The number of ether oxygens (including phenoxy) is 2. The molecule has 0 bridgehead atoms. The Bertz CT molecular complexity index is 480. The van der Waals surface area contributed by atoms with Gasteiger partial charge in [0, 0.05) is 13.1 Å². The van der Waals surface area contributed by atoms with Gasteiger partial charge in [0.15, 0.2) is 0 Å². The monoisotopic (exact) mass is 291 g/mol. The Kier molecular flexibility index (Phi) is 5.36. The van der Waals surface area contributed by atoms with Crippen LogP contribution >= 0.6 is 0 Å². The molecule has 1 fully saturated rings. The molecule has 1 N–H and O–H groups in total. The van der Waals surface area contributed by atoms with Crippen molar-refractivity contribution in [2.75, 3.05) is 33.4 Å². The van der Waals surface area contributed by atoms with E-state index in [1.807, 2.05) is 0 Å². The van der Waals surface area contributed by atoms with Crippen LogP contribution in [0.5, 0.6) is 5.75 Å². The number of morpholine rings is 1. The molecule has 2 atom stereocenters. The first-order chi connectivity index (χ1) is 10.2. The normalized spacial score (nSPS) is 17.9. The predicted molar refractivity (Wildman–Crippen MR) is 79.0 cm³/mol. The molecule has 1 aromatic carbocycles. The molecule has 0 radical (unpaired) electrons. The number of aliphatic hydroxyl groups excluding tert-OH is 1. The molecule has 0 aliphatic carbocycles. The molecule has 1 aliphatic heterocycles. The van der Waals surface area contributed by atoms with Gasteiger partial charge in [-0.1, -0.05) is 18.2 Å². The summed E-state index contributed by atoms with van der Waals surface area (Å²) in [7, 11) is 1.58. The van der Waals surface area contributed by atoms with Gasteiger partial charge in [0.25, 0.3) is 0 Å². The van der Waals surface area contributed by atoms with E-state index in [4.69, 9.17) is 9.47 Å². The van der Waals surface area contributed by atoms with Crippen molar-refractivity contribution < 1.29 is 19.4 Å².